The monoisotopic (exact) mass is 331 g/mol. The zero-order valence-electron chi connectivity index (χ0n) is 12.0. The minimum atomic E-state index is 0.0635. The maximum atomic E-state index is 11.9. The van der Waals surface area contributed by atoms with Gasteiger partial charge in [0.25, 0.3) is 0 Å². The molecule has 2 bridgehead atoms. The highest BCUT2D eigenvalue weighted by molar-refractivity contribution is 8.00. The van der Waals surface area contributed by atoms with Crippen molar-refractivity contribution in [3.63, 3.8) is 0 Å². The molecule has 0 unspecified atom stereocenters. The van der Waals surface area contributed by atoms with E-state index >= 15 is 0 Å². The standard InChI is InChI=1S/C17H17NO2S2/c19-11-5-3-8(4-6-11)12-13-9-1-2-10(7-9)14(13)21-16-15(12)22-17(20)18-16/h3-6,9-10,12-14,19H,1-2,7H2,(H,18,20)/t9-,10+,12-,13-,14-/m1/s1. The molecular weight excluding hydrogens is 314 g/mol. The van der Waals surface area contributed by atoms with E-state index < -0.39 is 0 Å². The van der Waals surface area contributed by atoms with Crippen LogP contribution in [0.2, 0.25) is 0 Å². The zero-order valence-corrected chi connectivity index (χ0v) is 13.6. The Balaban J connectivity index is 1.68. The van der Waals surface area contributed by atoms with Crippen LogP contribution >= 0.6 is 23.1 Å². The van der Waals surface area contributed by atoms with Crippen molar-refractivity contribution in [1.29, 1.82) is 0 Å². The zero-order chi connectivity index (χ0) is 14.8. The van der Waals surface area contributed by atoms with Crippen molar-refractivity contribution in [3.8, 4) is 5.75 Å². The normalized spacial score (nSPS) is 35.4. The Morgan fingerprint density at radius 1 is 1.14 bits per heavy atom. The van der Waals surface area contributed by atoms with Crippen LogP contribution in [0.1, 0.15) is 35.6 Å². The largest absolute Gasteiger partial charge is 0.508 e. The summed E-state index contributed by atoms with van der Waals surface area (Å²) in [6.45, 7) is 0. The number of rotatable bonds is 1. The summed E-state index contributed by atoms with van der Waals surface area (Å²) in [4.78, 5) is 16.2. The molecule has 114 valence electrons. The summed E-state index contributed by atoms with van der Waals surface area (Å²) in [6.07, 6.45) is 4.05. The lowest BCUT2D eigenvalue weighted by Gasteiger charge is -2.40. The molecule has 3 nitrogen and oxygen atoms in total. The second-order valence-electron chi connectivity index (χ2n) is 6.77. The third-order valence-corrected chi connectivity index (χ3v) is 8.34. The van der Waals surface area contributed by atoms with Crippen LogP contribution < -0.4 is 4.87 Å². The van der Waals surface area contributed by atoms with Crippen LogP contribution in [0.15, 0.2) is 34.1 Å². The Morgan fingerprint density at radius 3 is 2.73 bits per heavy atom. The molecule has 2 saturated carbocycles. The van der Waals surface area contributed by atoms with Crippen molar-refractivity contribution >= 4 is 23.1 Å². The van der Waals surface area contributed by atoms with E-state index in [1.807, 2.05) is 23.9 Å². The molecule has 5 rings (SSSR count). The molecule has 2 N–H and O–H groups in total. The molecule has 0 radical (unpaired) electrons. The van der Waals surface area contributed by atoms with Crippen LogP contribution in [0.3, 0.4) is 0 Å². The number of phenols is 1. The van der Waals surface area contributed by atoms with Crippen LogP contribution in [0.25, 0.3) is 0 Å². The molecule has 5 heteroatoms. The van der Waals surface area contributed by atoms with Gasteiger partial charge in [-0.1, -0.05) is 23.5 Å². The van der Waals surface area contributed by atoms with Gasteiger partial charge in [0.05, 0.1) is 5.03 Å². The number of hydrogen-bond donors (Lipinski definition) is 2. The summed E-state index contributed by atoms with van der Waals surface area (Å²) < 4.78 is 0. The van der Waals surface area contributed by atoms with Gasteiger partial charge >= 0.3 is 4.87 Å². The van der Waals surface area contributed by atoms with Gasteiger partial charge < -0.3 is 10.1 Å². The number of aromatic nitrogens is 1. The summed E-state index contributed by atoms with van der Waals surface area (Å²) in [7, 11) is 0. The van der Waals surface area contributed by atoms with Gasteiger partial charge in [0.2, 0.25) is 0 Å². The lowest BCUT2D eigenvalue weighted by Crippen LogP contribution is -2.33. The Morgan fingerprint density at radius 2 is 1.91 bits per heavy atom. The van der Waals surface area contributed by atoms with Crippen LogP contribution in [0.4, 0.5) is 0 Å². The van der Waals surface area contributed by atoms with Crippen LogP contribution in [0.5, 0.6) is 5.75 Å². The second-order valence-corrected chi connectivity index (χ2v) is 8.97. The summed E-state index contributed by atoms with van der Waals surface area (Å²) in [6, 6.07) is 7.61. The fourth-order valence-electron chi connectivity index (χ4n) is 4.90. The Labute approximate surface area is 136 Å². The number of benzene rings is 1. The minimum absolute atomic E-state index is 0.0635. The van der Waals surface area contributed by atoms with Gasteiger partial charge in [-0.2, -0.15) is 0 Å². The Hall–Kier alpha value is -1.20. The van der Waals surface area contributed by atoms with Gasteiger partial charge in [-0.3, -0.25) is 4.79 Å². The fourth-order valence-corrected chi connectivity index (χ4v) is 7.80. The molecule has 2 fully saturated rings. The third kappa shape index (κ3) is 1.78. The molecule has 2 aromatic rings. The first-order valence-corrected chi connectivity index (χ1v) is 9.59. The summed E-state index contributed by atoms with van der Waals surface area (Å²) in [5, 5.41) is 11.3. The summed E-state index contributed by atoms with van der Waals surface area (Å²) in [5.74, 6) is 2.89. The quantitative estimate of drug-likeness (QED) is 0.836. The molecule has 5 atom stereocenters. The van der Waals surface area contributed by atoms with Gasteiger partial charge in [-0.05, 0) is 54.7 Å². The maximum Gasteiger partial charge on any atom is 0.305 e. The van der Waals surface area contributed by atoms with E-state index in [1.165, 1.54) is 41.0 Å². The molecule has 2 aliphatic carbocycles. The maximum absolute atomic E-state index is 11.9. The minimum Gasteiger partial charge on any atom is -0.508 e. The second kappa shape index (κ2) is 4.65. The molecule has 0 amide bonds. The van der Waals surface area contributed by atoms with E-state index in [2.05, 4.69) is 4.98 Å². The van der Waals surface area contributed by atoms with E-state index in [-0.39, 0.29) is 4.87 Å². The van der Waals surface area contributed by atoms with Crippen molar-refractivity contribution < 1.29 is 5.11 Å². The molecule has 22 heavy (non-hydrogen) atoms. The van der Waals surface area contributed by atoms with E-state index in [0.29, 0.717) is 22.8 Å². The predicted octanol–water partition coefficient (Wildman–Crippen LogP) is 3.79. The molecular formula is C17H17NO2S2. The summed E-state index contributed by atoms with van der Waals surface area (Å²) >= 11 is 3.30. The van der Waals surface area contributed by atoms with E-state index in [0.717, 1.165) is 16.9 Å². The Bertz CT molecular complexity index is 779. The molecule has 1 aromatic heterocycles. The average Bonchev–Trinajstić information content (AvgIpc) is 3.19. The van der Waals surface area contributed by atoms with Crippen LogP contribution in [-0.2, 0) is 0 Å². The number of phenolic OH excluding ortho intramolecular Hbond substituents is 1. The smallest absolute Gasteiger partial charge is 0.305 e. The SMILES string of the molecule is O=c1[nH]c2c(s1)[C@H](c1ccc(O)cc1)[C@H]1[C@@H]3CC[C@@H](C3)[C@H]1S2. The van der Waals surface area contributed by atoms with Gasteiger partial charge in [0, 0.05) is 16.0 Å². The number of thiazole rings is 1. The molecule has 1 aliphatic heterocycles. The van der Waals surface area contributed by atoms with Crippen molar-refractivity contribution in [2.45, 2.75) is 35.5 Å². The van der Waals surface area contributed by atoms with Gasteiger partial charge in [-0.15, -0.1) is 11.8 Å². The van der Waals surface area contributed by atoms with E-state index in [4.69, 9.17) is 0 Å². The van der Waals surface area contributed by atoms with Crippen molar-refractivity contribution in [1.82, 2.24) is 4.98 Å². The Kier molecular flexibility index (Phi) is 2.80. The lowest BCUT2D eigenvalue weighted by molar-refractivity contribution is 0.307. The first-order valence-electron chi connectivity index (χ1n) is 7.89. The number of fused-ring (bicyclic) bond motifs is 6. The number of aromatic hydroxyl groups is 1. The lowest BCUT2D eigenvalue weighted by atomic mass is 9.75. The molecule has 3 aliphatic rings. The number of H-pyrrole nitrogens is 1. The highest BCUT2D eigenvalue weighted by Crippen LogP contribution is 2.63. The van der Waals surface area contributed by atoms with Crippen LogP contribution in [0, 0.1) is 17.8 Å². The number of nitrogens with one attached hydrogen (secondary N) is 1. The third-order valence-electron chi connectivity index (χ3n) is 5.72. The fraction of sp³-hybridized carbons (Fsp3) is 0.471. The topological polar surface area (TPSA) is 53.1 Å². The number of aromatic amines is 1. The van der Waals surface area contributed by atoms with Gasteiger partial charge in [0.15, 0.2) is 0 Å². The van der Waals surface area contributed by atoms with Crippen LogP contribution in [-0.4, -0.2) is 15.3 Å². The van der Waals surface area contributed by atoms with Crippen molar-refractivity contribution in [2.24, 2.45) is 17.8 Å². The molecule has 2 heterocycles. The average molecular weight is 331 g/mol. The van der Waals surface area contributed by atoms with E-state index in [1.54, 1.807) is 12.1 Å². The first kappa shape index (κ1) is 13.3. The van der Waals surface area contributed by atoms with Crippen molar-refractivity contribution in [3.05, 3.63) is 44.4 Å². The highest BCUT2D eigenvalue weighted by Gasteiger charge is 2.54. The van der Waals surface area contributed by atoms with Crippen molar-refractivity contribution in [2.75, 3.05) is 0 Å². The van der Waals surface area contributed by atoms with Gasteiger partial charge in [0.1, 0.15) is 5.75 Å². The van der Waals surface area contributed by atoms with Gasteiger partial charge in [-0.25, -0.2) is 0 Å². The number of hydrogen-bond acceptors (Lipinski definition) is 4. The predicted molar refractivity (Wildman–Crippen MR) is 88.9 cm³/mol. The number of thioether (sulfide) groups is 1. The first-order chi connectivity index (χ1) is 10.7. The molecule has 0 saturated heterocycles. The highest BCUT2D eigenvalue weighted by atomic mass is 32.2. The summed E-state index contributed by atoms with van der Waals surface area (Å²) in [5.41, 5.74) is 1.25. The molecule has 1 aromatic carbocycles. The molecule has 0 spiro atoms. The van der Waals surface area contributed by atoms with E-state index in [9.17, 15) is 9.90 Å².